The van der Waals surface area contributed by atoms with E-state index in [1.54, 1.807) is 0 Å². The Kier molecular flexibility index (Phi) is 3.87. The molecule has 0 bridgehead atoms. The zero-order valence-corrected chi connectivity index (χ0v) is 11.4. The minimum Gasteiger partial charge on any atom is -0.391 e. The van der Waals surface area contributed by atoms with Gasteiger partial charge in [-0.2, -0.15) is 0 Å². The fourth-order valence-corrected chi connectivity index (χ4v) is 3.39. The highest BCUT2D eigenvalue weighted by Crippen LogP contribution is 2.39. The molecule has 3 heteroatoms. The summed E-state index contributed by atoms with van der Waals surface area (Å²) in [4.78, 5) is 2.48. The van der Waals surface area contributed by atoms with E-state index in [4.69, 9.17) is 4.74 Å². The molecule has 3 rings (SSSR count). The maximum atomic E-state index is 10.3. The van der Waals surface area contributed by atoms with E-state index < -0.39 is 0 Å². The van der Waals surface area contributed by atoms with E-state index in [1.807, 2.05) is 18.2 Å². The fraction of sp³-hybridized carbons (Fsp3) is 0.625. The number of aliphatic hydroxyl groups is 1. The molecule has 1 unspecified atom stereocenters. The summed E-state index contributed by atoms with van der Waals surface area (Å²) in [6.45, 7) is 3.69. The first kappa shape index (κ1) is 13.1. The van der Waals surface area contributed by atoms with Gasteiger partial charge in [-0.1, -0.05) is 30.3 Å². The van der Waals surface area contributed by atoms with Crippen LogP contribution in [0.5, 0.6) is 0 Å². The molecular formula is C16H23NO2. The van der Waals surface area contributed by atoms with Crippen molar-refractivity contribution in [1.82, 2.24) is 4.90 Å². The number of nitrogens with zero attached hydrogens (tertiary/aromatic N) is 1. The van der Waals surface area contributed by atoms with Crippen molar-refractivity contribution >= 4 is 0 Å². The van der Waals surface area contributed by atoms with E-state index in [9.17, 15) is 5.11 Å². The monoisotopic (exact) mass is 261 g/mol. The van der Waals surface area contributed by atoms with Crippen molar-refractivity contribution in [2.75, 3.05) is 26.3 Å². The molecule has 1 spiro atoms. The third-order valence-electron chi connectivity index (χ3n) is 4.69. The molecule has 0 saturated carbocycles. The number of aliphatic hydroxyl groups excluding tert-OH is 1. The van der Waals surface area contributed by atoms with E-state index in [0.717, 1.165) is 45.6 Å². The summed E-state index contributed by atoms with van der Waals surface area (Å²) in [5.41, 5.74) is 1.56. The molecule has 0 amide bonds. The molecule has 104 valence electrons. The average molecular weight is 261 g/mol. The number of ether oxygens (including phenoxy) is 1. The Morgan fingerprint density at radius 1 is 1.16 bits per heavy atom. The van der Waals surface area contributed by atoms with Gasteiger partial charge in [-0.05, 0) is 31.2 Å². The lowest BCUT2D eigenvalue weighted by Crippen LogP contribution is -2.63. The summed E-state index contributed by atoms with van der Waals surface area (Å²) >= 11 is 0. The summed E-state index contributed by atoms with van der Waals surface area (Å²) in [5, 5.41) is 10.3. The molecule has 2 heterocycles. The maximum Gasteiger partial charge on any atom is 0.0707 e. The van der Waals surface area contributed by atoms with Crippen LogP contribution in [0.1, 0.15) is 24.8 Å². The quantitative estimate of drug-likeness (QED) is 0.898. The normalized spacial score (nSPS) is 24.1. The van der Waals surface area contributed by atoms with Gasteiger partial charge in [0.15, 0.2) is 0 Å². The van der Waals surface area contributed by atoms with Crippen molar-refractivity contribution in [3.8, 4) is 0 Å². The van der Waals surface area contributed by atoms with Crippen LogP contribution in [-0.2, 0) is 11.2 Å². The Morgan fingerprint density at radius 3 is 2.53 bits per heavy atom. The predicted octanol–water partition coefficient (Wildman–Crippen LogP) is 1.84. The summed E-state index contributed by atoms with van der Waals surface area (Å²) in [6.07, 6.45) is 4.02. The van der Waals surface area contributed by atoms with Gasteiger partial charge in [-0.25, -0.2) is 0 Å². The Balaban J connectivity index is 1.53. The second-order valence-electron chi connectivity index (χ2n) is 5.88. The van der Waals surface area contributed by atoms with E-state index in [-0.39, 0.29) is 6.10 Å². The number of hydrogen-bond donors (Lipinski definition) is 1. The van der Waals surface area contributed by atoms with Crippen LogP contribution in [0.3, 0.4) is 0 Å². The number of β-amino-alcohol motifs (C(OH)–C–C–N with tert-alkyl or cyclic N) is 1. The van der Waals surface area contributed by atoms with Gasteiger partial charge in [-0.3, -0.25) is 4.90 Å². The van der Waals surface area contributed by atoms with Gasteiger partial charge in [0.1, 0.15) is 0 Å². The molecule has 0 aromatic heterocycles. The zero-order chi connectivity index (χ0) is 13.1. The van der Waals surface area contributed by atoms with Crippen LogP contribution in [0.4, 0.5) is 0 Å². The first-order valence-electron chi connectivity index (χ1n) is 7.33. The van der Waals surface area contributed by atoms with Crippen molar-refractivity contribution in [2.45, 2.75) is 37.3 Å². The molecule has 1 aromatic rings. The van der Waals surface area contributed by atoms with Gasteiger partial charge in [0, 0.05) is 31.8 Å². The van der Waals surface area contributed by atoms with E-state index in [2.05, 4.69) is 17.0 Å². The molecule has 3 nitrogen and oxygen atoms in total. The van der Waals surface area contributed by atoms with Crippen LogP contribution < -0.4 is 0 Å². The van der Waals surface area contributed by atoms with Crippen molar-refractivity contribution in [3.05, 3.63) is 35.9 Å². The SMILES string of the molecule is OC(Cc1ccccc1)CN1CCC12CCOCC2. The van der Waals surface area contributed by atoms with Crippen LogP contribution >= 0.6 is 0 Å². The topological polar surface area (TPSA) is 32.7 Å². The van der Waals surface area contributed by atoms with Crippen LogP contribution in [0.2, 0.25) is 0 Å². The third kappa shape index (κ3) is 2.83. The van der Waals surface area contributed by atoms with Crippen molar-refractivity contribution < 1.29 is 9.84 Å². The lowest BCUT2D eigenvalue weighted by molar-refractivity contribution is -0.103. The Morgan fingerprint density at radius 2 is 1.89 bits per heavy atom. The molecule has 0 aliphatic carbocycles. The fourth-order valence-electron chi connectivity index (χ4n) is 3.39. The molecule has 2 aliphatic rings. The van der Waals surface area contributed by atoms with Crippen LogP contribution in [0.25, 0.3) is 0 Å². The van der Waals surface area contributed by atoms with Gasteiger partial charge in [-0.15, -0.1) is 0 Å². The minimum atomic E-state index is -0.262. The number of likely N-dealkylation sites (tertiary alicyclic amines) is 1. The average Bonchev–Trinajstić information content (AvgIpc) is 2.46. The lowest BCUT2D eigenvalue weighted by Gasteiger charge is -2.55. The van der Waals surface area contributed by atoms with Crippen LogP contribution in [0.15, 0.2) is 30.3 Å². The molecule has 0 radical (unpaired) electrons. The molecule has 2 saturated heterocycles. The Hall–Kier alpha value is -0.900. The van der Waals surface area contributed by atoms with E-state index in [1.165, 1.54) is 12.0 Å². The van der Waals surface area contributed by atoms with Gasteiger partial charge in [0.05, 0.1) is 6.10 Å². The molecule has 1 atom stereocenters. The Bertz CT molecular complexity index is 400. The molecule has 19 heavy (non-hydrogen) atoms. The standard InChI is InChI=1S/C16H23NO2/c18-15(12-14-4-2-1-3-5-14)13-17-9-6-16(17)7-10-19-11-8-16/h1-5,15,18H,6-13H2. The van der Waals surface area contributed by atoms with Crippen LogP contribution in [-0.4, -0.2) is 48.0 Å². The smallest absolute Gasteiger partial charge is 0.0707 e. The predicted molar refractivity (Wildman–Crippen MR) is 75.1 cm³/mol. The second-order valence-corrected chi connectivity index (χ2v) is 5.88. The van der Waals surface area contributed by atoms with Gasteiger partial charge < -0.3 is 9.84 Å². The number of rotatable bonds is 4. The summed E-state index contributed by atoms with van der Waals surface area (Å²) in [7, 11) is 0. The maximum absolute atomic E-state index is 10.3. The Labute approximate surface area is 115 Å². The zero-order valence-electron chi connectivity index (χ0n) is 11.4. The first-order chi connectivity index (χ1) is 9.28. The summed E-state index contributed by atoms with van der Waals surface area (Å²) in [6, 6.07) is 10.3. The van der Waals surface area contributed by atoms with Crippen molar-refractivity contribution in [2.24, 2.45) is 0 Å². The molecule has 2 fully saturated rings. The van der Waals surface area contributed by atoms with Crippen LogP contribution in [0, 0.1) is 0 Å². The second kappa shape index (κ2) is 5.61. The number of benzene rings is 1. The lowest BCUT2D eigenvalue weighted by atomic mass is 9.77. The summed E-state index contributed by atoms with van der Waals surface area (Å²) in [5.74, 6) is 0. The van der Waals surface area contributed by atoms with E-state index in [0.29, 0.717) is 5.54 Å². The first-order valence-corrected chi connectivity index (χ1v) is 7.33. The minimum absolute atomic E-state index is 0.262. The van der Waals surface area contributed by atoms with Gasteiger partial charge >= 0.3 is 0 Å². The van der Waals surface area contributed by atoms with Gasteiger partial charge in [0.2, 0.25) is 0 Å². The van der Waals surface area contributed by atoms with Crippen molar-refractivity contribution in [3.63, 3.8) is 0 Å². The van der Waals surface area contributed by atoms with Gasteiger partial charge in [0.25, 0.3) is 0 Å². The highest BCUT2D eigenvalue weighted by Gasteiger charge is 2.45. The molecule has 1 aromatic carbocycles. The summed E-state index contributed by atoms with van der Waals surface area (Å²) < 4.78 is 5.46. The molecule has 2 aliphatic heterocycles. The molecule has 1 N–H and O–H groups in total. The number of hydrogen-bond acceptors (Lipinski definition) is 3. The highest BCUT2D eigenvalue weighted by atomic mass is 16.5. The van der Waals surface area contributed by atoms with Crippen molar-refractivity contribution in [1.29, 1.82) is 0 Å². The third-order valence-corrected chi connectivity index (χ3v) is 4.69. The highest BCUT2D eigenvalue weighted by molar-refractivity contribution is 5.15. The van der Waals surface area contributed by atoms with E-state index >= 15 is 0 Å². The largest absolute Gasteiger partial charge is 0.391 e. The molecular weight excluding hydrogens is 238 g/mol.